The van der Waals surface area contributed by atoms with Crippen molar-refractivity contribution in [2.45, 2.75) is 19.8 Å². The van der Waals surface area contributed by atoms with Gasteiger partial charge in [0.15, 0.2) is 0 Å². The molecule has 104 valence electrons. The summed E-state index contributed by atoms with van der Waals surface area (Å²) in [4.78, 5) is 25.1. The lowest BCUT2D eigenvalue weighted by atomic mass is 10.4. The first-order valence-corrected chi connectivity index (χ1v) is 7.15. The summed E-state index contributed by atoms with van der Waals surface area (Å²) in [5.74, 6) is -0.170. The molecule has 0 unspecified atom stereocenters. The molecule has 2 heterocycles. The Bertz CT molecular complexity index is 462. The molecule has 0 saturated carbocycles. The zero-order valence-corrected chi connectivity index (χ0v) is 11.6. The van der Waals surface area contributed by atoms with E-state index in [1.54, 1.807) is 4.90 Å². The maximum absolute atomic E-state index is 12.2. The Morgan fingerprint density at radius 2 is 2.32 bits per heavy atom. The van der Waals surface area contributed by atoms with Crippen molar-refractivity contribution in [2.75, 3.05) is 31.5 Å². The van der Waals surface area contributed by atoms with Crippen LogP contribution >= 0.6 is 11.3 Å². The molecular formula is C11H17N5O2S. The molecule has 0 bridgehead atoms. The van der Waals surface area contributed by atoms with Crippen molar-refractivity contribution in [3.63, 3.8) is 0 Å². The van der Waals surface area contributed by atoms with Crippen LogP contribution < -0.4 is 10.6 Å². The highest BCUT2D eigenvalue weighted by Crippen LogP contribution is 2.17. The fraction of sp³-hybridized carbons (Fsp3) is 0.636. The van der Waals surface area contributed by atoms with E-state index in [1.807, 2.05) is 0 Å². The molecule has 2 rings (SSSR count). The largest absolute Gasteiger partial charge is 0.360 e. The molecule has 1 aromatic heterocycles. The van der Waals surface area contributed by atoms with Crippen molar-refractivity contribution in [3.05, 3.63) is 5.01 Å². The number of rotatable bonds is 4. The number of hydrogen-bond acceptors (Lipinski definition) is 6. The van der Waals surface area contributed by atoms with Crippen molar-refractivity contribution in [2.24, 2.45) is 0 Å². The number of aromatic nitrogens is 2. The molecule has 0 spiro atoms. The van der Waals surface area contributed by atoms with Gasteiger partial charge in [-0.1, -0.05) is 18.3 Å². The zero-order chi connectivity index (χ0) is 13.7. The zero-order valence-electron chi connectivity index (χ0n) is 10.8. The lowest BCUT2D eigenvalue weighted by Gasteiger charge is -2.17. The molecule has 7 nitrogen and oxygen atoms in total. The third-order valence-corrected chi connectivity index (χ3v) is 3.60. The first kappa shape index (κ1) is 13.7. The van der Waals surface area contributed by atoms with Crippen molar-refractivity contribution >= 4 is 28.3 Å². The molecule has 2 amide bonds. The molecule has 0 aromatic carbocycles. The van der Waals surface area contributed by atoms with Crippen LogP contribution in [0.1, 0.15) is 29.6 Å². The van der Waals surface area contributed by atoms with Crippen LogP contribution in [0.5, 0.6) is 0 Å². The topological polar surface area (TPSA) is 87.2 Å². The summed E-state index contributed by atoms with van der Waals surface area (Å²) >= 11 is 1.25. The number of carbonyl (C=O) groups excluding carboxylic acids is 2. The third-order valence-electron chi connectivity index (χ3n) is 2.73. The van der Waals surface area contributed by atoms with Gasteiger partial charge in [-0.05, 0) is 6.42 Å². The highest BCUT2D eigenvalue weighted by Gasteiger charge is 2.22. The summed E-state index contributed by atoms with van der Waals surface area (Å²) in [6, 6.07) is 0. The van der Waals surface area contributed by atoms with E-state index in [0.717, 1.165) is 13.0 Å². The summed E-state index contributed by atoms with van der Waals surface area (Å²) < 4.78 is 0. The molecule has 1 fully saturated rings. The summed E-state index contributed by atoms with van der Waals surface area (Å²) in [5.41, 5.74) is 0. The molecule has 19 heavy (non-hydrogen) atoms. The fourth-order valence-corrected chi connectivity index (χ4v) is 2.46. The maximum Gasteiger partial charge on any atom is 0.284 e. The van der Waals surface area contributed by atoms with Gasteiger partial charge >= 0.3 is 0 Å². The van der Waals surface area contributed by atoms with E-state index in [1.165, 1.54) is 11.3 Å². The molecule has 8 heteroatoms. The average Bonchev–Trinajstić information content (AvgIpc) is 2.78. The third kappa shape index (κ3) is 3.63. The quantitative estimate of drug-likeness (QED) is 0.831. The van der Waals surface area contributed by atoms with Crippen LogP contribution in [0.4, 0.5) is 5.13 Å². The van der Waals surface area contributed by atoms with Gasteiger partial charge in [0.05, 0.1) is 0 Å². The highest BCUT2D eigenvalue weighted by atomic mass is 32.1. The van der Waals surface area contributed by atoms with Crippen molar-refractivity contribution < 1.29 is 9.59 Å². The normalized spacial score (nSPS) is 15.8. The first-order chi connectivity index (χ1) is 9.20. The minimum atomic E-state index is -0.154. The van der Waals surface area contributed by atoms with E-state index in [0.29, 0.717) is 36.2 Å². The van der Waals surface area contributed by atoms with Gasteiger partial charge in [0.25, 0.3) is 5.91 Å². The van der Waals surface area contributed by atoms with Crippen molar-refractivity contribution in [1.29, 1.82) is 0 Å². The number of hydrogen-bond donors (Lipinski definition) is 2. The van der Waals surface area contributed by atoms with Crippen LogP contribution in [0.2, 0.25) is 0 Å². The minimum Gasteiger partial charge on any atom is -0.360 e. The SMILES string of the molecule is CCCNc1nnc(C(=O)N2CCNC(=O)CC2)s1. The van der Waals surface area contributed by atoms with Gasteiger partial charge in [-0.2, -0.15) is 0 Å². The first-order valence-electron chi connectivity index (χ1n) is 6.34. The Balaban J connectivity index is 1.98. The molecule has 0 aliphatic carbocycles. The summed E-state index contributed by atoms with van der Waals surface area (Å²) in [7, 11) is 0. The van der Waals surface area contributed by atoms with E-state index < -0.39 is 0 Å². The van der Waals surface area contributed by atoms with E-state index in [2.05, 4.69) is 27.8 Å². The number of anilines is 1. The number of nitrogens with one attached hydrogen (secondary N) is 2. The summed E-state index contributed by atoms with van der Waals surface area (Å²) in [6.07, 6.45) is 1.33. The Hall–Kier alpha value is -1.70. The number of nitrogens with zero attached hydrogens (tertiary/aromatic N) is 3. The lowest BCUT2D eigenvalue weighted by molar-refractivity contribution is -0.120. The van der Waals surface area contributed by atoms with Crippen LogP contribution in [0.25, 0.3) is 0 Å². The van der Waals surface area contributed by atoms with Crippen LogP contribution in [0, 0.1) is 0 Å². The van der Waals surface area contributed by atoms with Gasteiger partial charge < -0.3 is 15.5 Å². The fourth-order valence-electron chi connectivity index (χ4n) is 1.72. The summed E-state index contributed by atoms with van der Waals surface area (Å²) in [6.45, 7) is 4.31. The monoisotopic (exact) mass is 283 g/mol. The molecule has 1 saturated heterocycles. The van der Waals surface area contributed by atoms with Gasteiger partial charge in [0, 0.05) is 32.6 Å². The predicted molar refractivity (Wildman–Crippen MR) is 72.2 cm³/mol. The highest BCUT2D eigenvalue weighted by molar-refractivity contribution is 7.17. The Morgan fingerprint density at radius 3 is 3.11 bits per heavy atom. The van der Waals surface area contributed by atoms with Crippen LogP contribution in [-0.2, 0) is 4.79 Å². The second kappa shape index (κ2) is 6.46. The molecule has 0 atom stereocenters. The maximum atomic E-state index is 12.2. The predicted octanol–water partition coefficient (Wildman–Crippen LogP) is 0.322. The van der Waals surface area contributed by atoms with Gasteiger partial charge in [0.1, 0.15) is 0 Å². The number of amides is 2. The van der Waals surface area contributed by atoms with E-state index in [-0.39, 0.29) is 11.8 Å². The number of carbonyl (C=O) groups is 2. The smallest absolute Gasteiger partial charge is 0.284 e. The van der Waals surface area contributed by atoms with Crippen molar-refractivity contribution in [1.82, 2.24) is 20.4 Å². The second-order valence-electron chi connectivity index (χ2n) is 4.23. The molecule has 1 aliphatic rings. The molecule has 1 aliphatic heterocycles. The van der Waals surface area contributed by atoms with E-state index >= 15 is 0 Å². The van der Waals surface area contributed by atoms with Gasteiger partial charge in [0.2, 0.25) is 16.0 Å². The Labute approximate surface area is 115 Å². The van der Waals surface area contributed by atoms with Crippen LogP contribution in [0.15, 0.2) is 0 Å². The van der Waals surface area contributed by atoms with Crippen LogP contribution in [-0.4, -0.2) is 53.1 Å². The second-order valence-corrected chi connectivity index (χ2v) is 5.21. The Kier molecular flexibility index (Phi) is 4.67. The Morgan fingerprint density at radius 1 is 1.47 bits per heavy atom. The molecule has 1 aromatic rings. The van der Waals surface area contributed by atoms with Crippen molar-refractivity contribution in [3.8, 4) is 0 Å². The lowest BCUT2D eigenvalue weighted by Crippen LogP contribution is -2.34. The average molecular weight is 283 g/mol. The van der Waals surface area contributed by atoms with Gasteiger partial charge in [-0.25, -0.2) is 0 Å². The summed E-state index contributed by atoms with van der Waals surface area (Å²) in [5, 5.41) is 14.7. The van der Waals surface area contributed by atoms with E-state index in [4.69, 9.17) is 0 Å². The van der Waals surface area contributed by atoms with Crippen LogP contribution in [0.3, 0.4) is 0 Å². The van der Waals surface area contributed by atoms with Gasteiger partial charge in [-0.15, -0.1) is 10.2 Å². The van der Waals surface area contributed by atoms with E-state index in [9.17, 15) is 9.59 Å². The molecule has 0 radical (unpaired) electrons. The molecule has 2 N–H and O–H groups in total. The molecular weight excluding hydrogens is 266 g/mol. The van der Waals surface area contributed by atoms with Gasteiger partial charge in [-0.3, -0.25) is 9.59 Å². The minimum absolute atomic E-state index is 0.0159. The standard InChI is InChI=1S/C11H17N5O2S/c1-2-4-13-11-15-14-9(19-11)10(18)16-6-3-8(17)12-5-7-16/h2-7H2,1H3,(H,12,17)(H,13,15).